The Hall–Kier alpha value is -2.04. The number of amides is 1. The largest absolute Gasteiger partial charge is 0.370 e. The highest BCUT2D eigenvalue weighted by molar-refractivity contribution is 5.79. The van der Waals surface area contributed by atoms with Crippen LogP contribution in [0, 0.1) is 34.8 Å². The number of rotatable bonds is 6. The quantitative estimate of drug-likeness (QED) is 0.749. The number of nitrogens with zero attached hydrogens (tertiary/aromatic N) is 2. The summed E-state index contributed by atoms with van der Waals surface area (Å²) in [5, 5.41) is 12.9. The number of hydrogen-bond acceptors (Lipinski definition) is 4. The van der Waals surface area contributed by atoms with Crippen LogP contribution < -0.4 is 5.32 Å². The van der Waals surface area contributed by atoms with Gasteiger partial charge in [-0.05, 0) is 69.3 Å². The van der Waals surface area contributed by atoms with Crippen LogP contribution >= 0.6 is 0 Å². The van der Waals surface area contributed by atoms with Gasteiger partial charge in [-0.2, -0.15) is 5.26 Å². The number of carbonyl (C=O) groups excluding carboxylic acids is 1. The highest BCUT2D eigenvalue weighted by atomic mass is 19.1. The Morgan fingerprint density at radius 2 is 2.03 bits per heavy atom. The molecule has 31 heavy (non-hydrogen) atoms. The number of ether oxygens (including phenoxy) is 1. The van der Waals surface area contributed by atoms with Gasteiger partial charge in [-0.1, -0.05) is 6.07 Å². The van der Waals surface area contributed by atoms with E-state index in [9.17, 15) is 18.8 Å². The summed E-state index contributed by atoms with van der Waals surface area (Å²) in [5.41, 5.74) is -0.0712. The van der Waals surface area contributed by atoms with Crippen molar-refractivity contribution >= 4 is 5.91 Å². The molecule has 166 valence electrons. The predicted octanol–water partition coefficient (Wildman–Crippen LogP) is 3.68. The maximum atomic E-state index is 14.1. The van der Waals surface area contributed by atoms with E-state index in [4.69, 9.17) is 4.74 Å². The Morgan fingerprint density at radius 3 is 2.74 bits per heavy atom. The predicted molar refractivity (Wildman–Crippen MR) is 110 cm³/mol. The van der Waals surface area contributed by atoms with Crippen molar-refractivity contribution in [2.75, 3.05) is 13.1 Å². The third kappa shape index (κ3) is 3.96. The normalized spacial score (nSPS) is 36.0. The van der Waals surface area contributed by atoms with Gasteiger partial charge in [0.05, 0.1) is 24.8 Å². The maximum Gasteiger partial charge on any atom is 0.237 e. The van der Waals surface area contributed by atoms with Gasteiger partial charge in [-0.15, -0.1) is 0 Å². The molecule has 5 nitrogen and oxygen atoms in total. The lowest BCUT2D eigenvalue weighted by molar-refractivity contribution is -0.182. The molecule has 3 atom stereocenters. The van der Waals surface area contributed by atoms with Gasteiger partial charge in [-0.25, -0.2) is 8.78 Å². The molecule has 1 heterocycles. The van der Waals surface area contributed by atoms with Crippen molar-refractivity contribution in [3.05, 3.63) is 35.4 Å². The van der Waals surface area contributed by atoms with Crippen LogP contribution in [0.25, 0.3) is 0 Å². The van der Waals surface area contributed by atoms with Gasteiger partial charge in [-0.3, -0.25) is 4.79 Å². The number of nitriles is 1. The first-order chi connectivity index (χ1) is 14.9. The lowest BCUT2D eigenvalue weighted by Crippen LogP contribution is -2.66. The van der Waals surface area contributed by atoms with Gasteiger partial charge >= 0.3 is 0 Å². The van der Waals surface area contributed by atoms with Crippen molar-refractivity contribution < 1.29 is 18.3 Å². The van der Waals surface area contributed by atoms with Gasteiger partial charge in [0.1, 0.15) is 17.7 Å². The molecule has 1 aromatic rings. The molecule has 7 heteroatoms. The van der Waals surface area contributed by atoms with Crippen molar-refractivity contribution in [3.8, 4) is 6.07 Å². The van der Waals surface area contributed by atoms with Crippen LogP contribution in [-0.4, -0.2) is 41.1 Å². The second kappa shape index (κ2) is 7.83. The molecule has 0 radical (unpaired) electrons. The lowest BCUT2D eigenvalue weighted by Gasteiger charge is -2.62. The average Bonchev–Trinajstić information content (AvgIpc) is 3.19. The fourth-order valence-electron chi connectivity index (χ4n) is 6.99. The molecule has 1 amide bonds. The Kier molecular flexibility index (Phi) is 5.26. The Morgan fingerprint density at radius 1 is 1.26 bits per heavy atom. The smallest absolute Gasteiger partial charge is 0.237 e. The zero-order valence-corrected chi connectivity index (χ0v) is 17.7. The van der Waals surface area contributed by atoms with Crippen LogP contribution in [0.5, 0.6) is 0 Å². The highest BCUT2D eigenvalue weighted by Crippen LogP contribution is 2.59. The van der Waals surface area contributed by atoms with E-state index in [0.29, 0.717) is 23.9 Å². The summed E-state index contributed by atoms with van der Waals surface area (Å²) in [6.45, 7) is 1.05. The van der Waals surface area contributed by atoms with E-state index in [1.165, 1.54) is 18.6 Å². The third-order valence-corrected chi connectivity index (χ3v) is 7.89. The molecule has 1 N–H and O–H groups in total. The molecule has 4 bridgehead atoms. The molecule has 1 saturated heterocycles. The molecule has 1 aromatic carbocycles. The average molecular weight is 430 g/mol. The van der Waals surface area contributed by atoms with E-state index < -0.39 is 11.6 Å². The summed E-state index contributed by atoms with van der Waals surface area (Å²) in [6.07, 6.45) is 7.65. The van der Waals surface area contributed by atoms with E-state index >= 15 is 0 Å². The van der Waals surface area contributed by atoms with Gasteiger partial charge < -0.3 is 15.0 Å². The van der Waals surface area contributed by atoms with Crippen LogP contribution in [0.4, 0.5) is 8.78 Å². The Labute approximate surface area is 181 Å². The monoisotopic (exact) mass is 429 g/mol. The van der Waals surface area contributed by atoms with Crippen LogP contribution in [0.3, 0.4) is 0 Å². The standard InChI is InChI=1S/C24H29F2N3O2/c25-19-4-3-18(21(26)7-19)14-31-24-10-16-6-17(11-24)9-23(8-16,15-24)28-13-22(30)29-5-1-2-20(29)12-27/h3-4,7,16-17,20,28H,1-2,5-6,8-11,13-15H2. The van der Waals surface area contributed by atoms with Crippen molar-refractivity contribution in [2.24, 2.45) is 11.8 Å². The molecular weight excluding hydrogens is 400 g/mol. The van der Waals surface area contributed by atoms with Crippen LogP contribution in [0.2, 0.25) is 0 Å². The maximum absolute atomic E-state index is 14.1. The topological polar surface area (TPSA) is 65.4 Å². The van der Waals surface area contributed by atoms with Gasteiger partial charge in [0.25, 0.3) is 0 Å². The van der Waals surface area contributed by atoms with Crippen molar-refractivity contribution in [3.63, 3.8) is 0 Å². The van der Waals surface area contributed by atoms with E-state index in [0.717, 1.165) is 51.0 Å². The minimum absolute atomic E-state index is 0.00291. The zero-order valence-electron chi connectivity index (χ0n) is 17.7. The number of halogens is 2. The molecule has 3 unspecified atom stereocenters. The number of nitrogens with one attached hydrogen (secondary N) is 1. The summed E-state index contributed by atoms with van der Waals surface area (Å²) in [6, 6.07) is 5.57. The van der Waals surface area contributed by atoms with Crippen LogP contribution in [0.15, 0.2) is 18.2 Å². The SMILES string of the molecule is N#CC1CCCN1C(=O)CNC12CC3CC(C1)CC(OCc1ccc(F)cc1F)(C3)C2. The van der Waals surface area contributed by atoms with Gasteiger partial charge in [0.2, 0.25) is 5.91 Å². The van der Waals surface area contributed by atoms with Crippen molar-refractivity contribution in [1.82, 2.24) is 10.2 Å². The first-order valence-electron chi connectivity index (χ1n) is 11.4. The Bertz CT molecular complexity index is 901. The summed E-state index contributed by atoms with van der Waals surface area (Å²) < 4.78 is 33.7. The van der Waals surface area contributed by atoms with Gasteiger partial charge in [0, 0.05) is 23.7 Å². The van der Waals surface area contributed by atoms with Crippen molar-refractivity contribution in [1.29, 1.82) is 5.26 Å². The molecule has 6 rings (SSSR count). The fraction of sp³-hybridized carbons (Fsp3) is 0.667. The molecule has 5 aliphatic rings. The minimum atomic E-state index is -0.583. The minimum Gasteiger partial charge on any atom is -0.370 e. The molecular formula is C24H29F2N3O2. The van der Waals surface area contributed by atoms with E-state index in [1.54, 1.807) is 4.90 Å². The summed E-state index contributed by atoms with van der Waals surface area (Å²) in [5.74, 6) is -0.0643. The van der Waals surface area contributed by atoms with Crippen LogP contribution in [0.1, 0.15) is 56.9 Å². The highest BCUT2D eigenvalue weighted by Gasteiger charge is 2.58. The molecule has 4 saturated carbocycles. The second-order valence-electron chi connectivity index (χ2n) is 10.2. The van der Waals surface area contributed by atoms with E-state index in [2.05, 4.69) is 11.4 Å². The van der Waals surface area contributed by atoms with Gasteiger partial charge in [0.15, 0.2) is 0 Å². The number of likely N-dealkylation sites (tertiary alicyclic amines) is 1. The molecule has 0 spiro atoms. The molecule has 4 aliphatic carbocycles. The lowest BCUT2D eigenvalue weighted by atomic mass is 9.51. The number of hydrogen-bond donors (Lipinski definition) is 1. The molecule has 0 aromatic heterocycles. The number of carbonyl (C=O) groups is 1. The Balaban J connectivity index is 1.26. The first-order valence-corrected chi connectivity index (χ1v) is 11.4. The number of benzene rings is 1. The first kappa shape index (κ1) is 20.8. The third-order valence-electron chi connectivity index (χ3n) is 7.89. The molecule has 1 aliphatic heterocycles. The zero-order chi connectivity index (χ0) is 21.6. The summed E-state index contributed by atoms with van der Waals surface area (Å²) in [4.78, 5) is 14.5. The van der Waals surface area contributed by atoms with E-state index in [-0.39, 0.29) is 36.2 Å². The second-order valence-corrected chi connectivity index (χ2v) is 10.2. The summed E-state index contributed by atoms with van der Waals surface area (Å²) >= 11 is 0. The summed E-state index contributed by atoms with van der Waals surface area (Å²) in [7, 11) is 0. The van der Waals surface area contributed by atoms with Crippen LogP contribution in [-0.2, 0) is 16.1 Å². The molecule has 5 fully saturated rings. The van der Waals surface area contributed by atoms with E-state index in [1.807, 2.05) is 0 Å². The fourth-order valence-corrected chi connectivity index (χ4v) is 6.99. The van der Waals surface area contributed by atoms with Crippen molar-refractivity contribution in [2.45, 2.75) is 75.2 Å².